The molecule has 0 radical (unpaired) electrons. The van der Waals surface area contributed by atoms with Gasteiger partial charge in [0, 0.05) is 19.1 Å². The van der Waals surface area contributed by atoms with Crippen molar-refractivity contribution < 1.29 is 0 Å². The number of hydrogen-bond donors (Lipinski definition) is 1. The predicted molar refractivity (Wildman–Crippen MR) is 62.3 cm³/mol. The van der Waals surface area contributed by atoms with Gasteiger partial charge >= 0.3 is 0 Å². The Balaban J connectivity index is 2.19. The quantitative estimate of drug-likeness (QED) is 0.709. The van der Waals surface area contributed by atoms with Crippen molar-refractivity contribution in [3.8, 4) is 0 Å². The summed E-state index contributed by atoms with van der Waals surface area (Å²) in [6.07, 6.45) is 6.64. The maximum Gasteiger partial charge on any atom is 0.0180 e. The van der Waals surface area contributed by atoms with Gasteiger partial charge in [-0.2, -0.15) is 0 Å². The Morgan fingerprint density at radius 2 is 2.21 bits per heavy atom. The first-order chi connectivity index (χ1) is 6.76. The molecule has 0 aromatic rings. The Morgan fingerprint density at radius 1 is 1.43 bits per heavy atom. The Kier molecular flexibility index (Phi) is 5.49. The third-order valence-corrected chi connectivity index (χ3v) is 3.37. The van der Waals surface area contributed by atoms with Crippen LogP contribution in [0.3, 0.4) is 0 Å². The van der Waals surface area contributed by atoms with E-state index in [9.17, 15) is 0 Å². The predicted octanol–water partition coefficient (Wildman–Crippen LogP) is 2.24. The molecule has 0 aromatic carbocycles. The van der Waals surface area contributed by atoms with Gasteiger partial charge in [-0.1, -0.05) is 33.1 Å². The number of nitrogens with zero attached hydrogens (tertiary/aromatic N) is 1. The van der Waals surface area contributed by atoms with Gasteiger partial charge in [-0.15, -0.1) is 0 Å². The van der Waals surface area contributed by atoms with Gasteiger partial charge in [0.1, 0.15) is 0 Å². The van der Waals surface area contributed by atoms with E-state index < -0.39 is 0 Å². The molecule has 1 aliphatic rings. The second-order valence-electron chi connectivity index (χ2n) is 4.72. The number of hydrogen-bond acceptors (Lipinski definition) is 2. The molecule has 0 spiro atoms. The van der Waals surface area contributed by atoms with Gasteiger partial charge in [0.05, 0.1) is 0 Å². The van der Waals surface area contributed by atoms with Crippen molar-refractivity contribution in [2.75, 3.05) is 19.6 Å². The first-order valence-electron chi connectivity index (χ1n) is 6.24. The van der Waals surface area contributed by atoms with E-state index in [0.717, 1.165) is 12.5 Å². The SMILES string of the molecule is CCCCC(CC)CN1CCC(N)C1. The average molecular weight is 198 g/mol. The van der Waals surface area contributed by atoms with Crippen LogP contribution in [0.1, 0.15) is 46.0 Å². The normalized spacial score (nSPS) is 25.5. The van der Waals surface area contributed by atoms with E-state index in [0.29, 0.717) is 6.04 Å². The van der Waals surface area contributed by atoms with E-state index in [-0.39, 0.29) is 0 Å². The van der Waals surface area contributed by atoms with Gasteiger partial charge < -0.3 is 10.6 Å². The smallest absolute Gasteiger partial charge is 0.0180 e. The maximum atomic E-state index is 5.90. The van der Waals surface area contributed by atoms with Crippen molar-refractivity contribution in [1.82, 2.24) is 4.90 Å². The molecule has 1 aliphatic heterocycles. The summed E-state index contributed by atoms with van der Waals surface area (Å²) in [6, 6.07) is 0.443. The van der Waals surface area contributed by atoms with Crippen LogP contribution in [0, 0.1) is 5.92 Å². The molecule has 2 heteroatoms. The molecule has 1 fully saturated rings. The summed E-state index contributed by atoms with van der Waals surface area (Å²) in [5.74, 6) is 0.903. The van der Waals surface area contributed by atoms with Gasteiger partial charge in [-0.05, 0) is 25.3 Å². The van der Waals surface area contributed by atoms with Gasteiger partial charge in [-0.25, -0.2) is 0 Å². The van der Waals surface area contributed by atoms with E-state index >= 15 is 0 Å². The molecule has 14 heavy (non-hydrogen) atoms. The summed E-state index contributed by atoms with van der Waals surface area (Å²) in [5.41, 5.74) is 5.90. The molecule has 0 aliphatic carbocycles. The Labute approximate surface area is 88.8 Å². The van der Waals surface area contributed by atoms with Crippen LogP contribution in [0.15, 0.2) is 0 Å². The van der Waals surface area contributed by atoms with Gasteiger partial charge in [-0.3, -0.25) is 0 Å². The first-order valence-corrected chi connectivity index (χ1v) is 6.24. The fourth-order valence-corrected chi connectivity index (χ4v) is 2.31. The number of nitrogens with two attached hydrogens (primary N) is 1. The van der Waals surface area contributed by atoms with Crippen molar-refractivity contribution >= 4 is 0 Å². The average Bonchev–Trinajstić information content (AvgIpc) is 2.58. The molecule has 1 rings (SSSR count). The highest BCUT2D eigenvalue weighted by Crippen LogP contribution is 2.17. The van der Waals surface area contributed by atoms with Crippen LogP contribution >= 0.6 is 0 Å². The number of rotatable bonds is 6. The highest BCUT2D eigenvalue weighted by atomic mass is 15.2. The molecule has 0 aromatic heterocycles. The summed E-state index contributed by atoms with van der Waals surface area (Å²) >= 11 is 0. The van der Waals surface area contributed by atoms with Crippen molar-refractivity contribution in [3.05, 3.63) is 0 Å². The molecule has 1 heterocycles. The van der Waals surface area contributed by atoms with Crippen LogP contribution < -0.4 is 5.73 Å². The van der Waals surface area contributed by atoms with Crippen molar-refractivity contribution in [1.29, 1.82) is 0 Å². The summed E-state index contributed by atoms with van der Waals surface area (Å²) in [6.45, 7) is 8.23. The molecule has 2 unspecified atom stereocenters. The summed E-state index contributed by atoms with van der Waals surface area (Å²) in [7, 11) is 0. The zero-order valence-electron chi connectivity index (χ0n) is 9.84. The van der Waals surface area contributed by atoms with Gasteiger partial charge in [0.2, 0.25) is 0 Å². The molecule has 1 saturated heterocycles. The largest absolute Gasteiger partial charge is 0.326 e. The van der Waals surface area contributed by atoms with Gasteiger partial charge in [0.25, 0.3) is 0 Å². The third-order valence-electron chi connectivity index (χ3n) is 3.37. The topological polar surface area (TPSA) is 29.3 Å². The minimum absolute atomic E-state index is 0.443. The number of unbranched alkanes of at least 4 members (excludes halogenated alkanes) is 1. The van der Waals surface area contributed by atoms with Crippen LogP contribution in [0.5, 0.6) is 0 Å². The molecule has 0 bridgehead atoms. The summed E-state index contributed by atoms with van der Waals surface area (Å²) in [4.78, 5) is 2.55. The molecule has 2 nitrogen and oxygen atoms in total. The Hall–Kier alpha value is -0.0800. The fraction of sp³-hybridized carbons (Fsp3) is 1.00. The van der Waals surface area contributed by atoms with Crippen molar-refractivity contribution in [3.63, 3.8) is 0 Å². The second kappa shape index (κ2) is 6.41. The minimum Gasteiger partial charge on any atom is -0.326 e. The second-order valence-corrected chi connectivity index (χ2v) is 4.72. The van der Waals surface area contributed by atoms with E-state index in [1.807, 2.05) is 0 Å². The van der Waals surface area contributed by atoms with Crippen LogP contribution in [0.4, 0.5) is 0 Å². The molecule has 2 N–H and O–H groups in total. The molecule has 0 amide bonds. The number of likely N-dealkylation sites (tertiary alicyclic amines) is 1. The van der Waals surface area contributed by atoms with Crippen LogP contribution in [-0.4, -0.2) is 30.6 Å². The Bertz CT molecular complexity index is 147. The summed E-state index contributed by atoms with van der Waals surface area (Å²) < 4.78 is 0. The first kappa shape index (κ1) is 12.0. The maximum absolute atomic E-state index is 5.90. The van der Waals surface area contributed by atoms with Crippen molar-refractivity contribution in [2.24, 2.45) is 11.7 Å². The fourth-order valence-electron chi connectivity index (χ4n) is 2.31. The van der Waals surface area contributed by atoms with Crippen molar-refractivity contribution in [2.45, 2.75) is 52.0 Å². The minimum atomic E-state index is 0.443. The van der Waals surface area contributed by atoms with E-state index in [4.69, 9.17) is 5.73 Å². The van der Waals surface area contributed by atoms with E-state index in [1.165, 1.54) is 45.2 Å². The molecule has 0 saturated carbocycles. The third kappa shape index (κ3) is 3.97. The molecular weight excluding hydrogens is 172 g/mol. The zero-order chi connectivity index (χ0) is 10.4. The molecular formula is C12H26N2. The van der Waals surface area contributed by atoms with Crippen LogP contribution in [-0.2, 0) is 0 Å². The highest BCUT2D eigenvalue weighted by molar-refractivity contribution is 4.79. The lowest BCUT2D eigenvalue weighted by molar-refractivity contribution is 0.258. The van der Waals surface area contributed by atoms with Crippen LogP contribution in [0.2, 0.25) is 0 Å². The standard InChI is InChI=1S/C12H26N2/c1-3-5-6-11(4-2)9-14-8-7-12(13)10-14/h11-12H,3-10,13H2,1-2H3. The molecule has 2 atom stereocenters. The van der Waals surface area contributed by atoms with E-state index in [2.05, 4.69) is 18.7 Å². The van der Waals surface area contributed by atoms with Gasteiger partial charge in [0.15, 0.2) is 0 Å². The molecule has 84 valence electrons. The lowest BCUT2D eigenvalue weighted by Gasteiger charge is -2.22. The summed E-state index contributed by atoms with van der Waals surface area (Å²) in [5, 5.41) is 0. The lowest BCUT2D eigenvalue weighted by atomic mass is 9.99. The monoisotopic (exact) mass is 198 g/mol. The lowest BCUT2D eigenvalue weighted by Crippen LogP contribution is -2.30. The van der Waals surface area contributed by atoms with Crippen LogP contribution in [0.25, 0.3) is 0 Å². The zero-order valence-corrected chi connectivity index (χ0v) is 9.84. The highest BCUT2D eigenvalue weighted by Gasteiger charge is 2.20. The van der Waals surface area contributed by atoms with E-state index in [1.54, 1.807) is 0 Å². The Morgan fingerprint density at radius 3 is 2.71 bits per heavy atom.